The molecule has 0 saturated carbocycles. The van der Waals surface area contributed by atoms with E-state index in [4.69, 9.17) is 21.9 Å². The van der Waals surface area contributed by atoms with Crippen LogP contribution in [-0.4, -0.2) is 69.7 Å². The van der Waals surface area contributed by atoms with Gasteiger partial charge in [-0.15, -0.1) is 0 Å². The lowest BCUT2D eigenvalue weighted by Crippen LogP contribution is -2.39. The zero-order chi connectivity index (χ0) is 25.3. The monoisotopic (exact) mass is 536 g/mol. The summed E-state index contributed by atoms with van der Waals surface area (Å²) in [5.41, 5.74) is 1.31. The number of carbonyl (C=O) groups is 1. The topological polar surface area (TPSA) is 110 Å². The largest absolute Gasteiger partial charge is 0.379 e. The lowest BCUT2D eigenvalue weighted by atomic mass is 10.2. The van der Waals surface area contributed by atoms with Crippen molar-refractivity contribution in [3.05, 3.63) is 44.7 Å². The van der Waals surface area contributed by atoms with Crippen LogP contribution in [-0.2, 0) is 19.4 Å². The molecule has 12 heteroatoms. The van der Waals surface area contributed by atoms with Gasteiger partial charge in [0.05, 0.1) is 34.1 Å². The molecule has 2 aromatic rings. The molecular formula is C23H28N4O5S3. The van der Waals surface area contributed by atoms with Crippen molar-refractivity contribution in [3.63, 3.8) is 0 Å². The number of nitrogens with one attached hydrogen (secondary N) is 1. The van der Waals surface area contributed by atoms with E-state index in [1.54, 1.807) is 12.3 Å². The Balaban J connectivity index is 1.68. The fraction of sp³-hybridized carbons (Fsp3) is 0.478. The van der Waals surface area contributed by atoms with Crippen LogP contribution in [0.4, 0.5) is 5.82 Å². The number of ether oxygens (including phenoxy) is 1. The Morgan fingerprint density at radius 3 is 2.83 bits per heavy atom. The molecule has 0 aromatic carbocycles. The molecule has 0 radical (unpaired) electrons. The summed E-state index contributed by atoms with van der Waals surface area (Å²) in [5.74, 6) is -0.0653. The maximum atomic E-state index is 13.4. The minimum Gasteiger partial charge on any atom is -0.379 e. The van der Waals surface area contributed by atoms with E-state index in [0.717, 1.165) is 17.3 Å². The highest BCUT2D eigenvalue weighted by Crippen LogP contribution is 2.36. The summed E-state index contributed by atoms with van der Waals surface area (Å²) in [4.78, 5) is 33.0. The Labute approximate surface area is 213 Å². The maximum Gasteiger partial charge on any atom is 0.267 e. The second-order valence-electron chi connectivity index (χ2n) is 8.87. The first-order chi connectivity index (χ1) is 16.6. The third-order valence-electron chi connectivity index (χ3n) is 5.82. The second-order valence-corrected chi connectivity index (χ2v) is 12.8. The van der Waals surface area contributed by atoms with E-state index >= 15 is 0 Å². The standard InChI is InChI=1S/C23H28N4O5S3/c1-14(2)32-10-5-8-24-19-17(21(28)26-9-4-6-15(3)20(26)25-19)12-18-22(29)27(23(33)34-18)16-7-11-35(30,31)13-16/h4,6,9,12,14,16,24H,5,7-8,10-11,13H2,1-3H3/b18-12-. The Kier molecular flexibility index (Phi) is 7.65. The van der Waals surface area contributed by atoms with E-state index in [9.17, 15) is 18.0 Å². The smallest absolute Gasteiger partial charge is 0.267 e. The minimum atomic E-state index is -3.18. The summed E-state index contributed by atoms with van der Waals surface area (Å²) in [6.07, 6.45) is 4.36. The van der Waals surface area contributed by atoms with E-state index in [2.05, 4.69) is 5.32 Å². The van der Waals surface area contributed by atoms with Gasteiger partial charge in [0.15, 0.2) is 9.84 Å². The number of hydrogen-bond acceptors (Lipinski definition) is 9. The molecule has 2 fully saturated rings. The lowest BCUT2D eigenvalue weighted by molar-refractivity contribution is -0.123. The number of sulfone groups is 1. The van der Waals surface area contributed by atoms with Gasteiger partial charge in [-0.25, -0.2) is 13.4 Å². The first-order valence-electron chi connectivity index (χ1n) is 11.4. The number of nitrogens with zero attached hydrogens (tertiary/aromatic N) is 3. The summed E-state index contributed by atoms with van der Waals surface area (Å²) in [7, 11) is -3.18. The fourth-order valence-electron chi connectivity index (χ4n) is 4.08. The zero-order valence-electron chi connectivity index (χ0n) is 19.8. The van der Waals surface area contributed by atoms with E-state index < -0.39 is 15.9 Å². The van der Waals surface area contributed by atoms with Gasteiger partial charge in [0.1, 0.15) is 15.8 Å². The number of amides is 1. The van der Waals surface area contributed by atoms with Crippen molar-refractivity contribution in [1.29, 1.82) is 0 Å². The number of pyridine rings is 1. The molecule has 1 amide bonds. The third kappa shape index (κ3) is 5.60. The molecule has 0 aliphatic carbocycles. The highest BCUT2D eigenvalue weighted by atomic mass is 32.2. The average molecular weight is 537 g/mol. The molecule has 1 atom stereocenters. The molecule has 1 unspecified atom stereocenters. The van der Waals surface area contributed by atoms with E-state index in [0.29, 0.717) is 41.8 Å². The number of carbonyl (C=O) groups excluding carboxylic acids is 1. The number of rotatable bonds is 8. The lowest BCUT2D eigenvalue weighted by Gasteiger charge is -2.20. The van der Waals surface area contributed by atoms with Crippen molar-refractivity contribution in [3.8, 4) is 0 Å². The van der Waals surface area contributed by atoms with Crippen molar-refractivity contribution < 1.29 is 17.9 Å². The summed E-state index contributed by atoms with van der Waals surface area (Å²) < 4.78 is 31.2. The third-order valence-corrected chi connectivity index (χ3v) is 8.90. The van der Waals surface area contributed by atoms with Crippen molar-refractivity contribution in [1.82, 2.24) is 14.3 Å². The van der Waals surface area contributed by atoms with Crippen molar-refractivity contribution in [2.24, 2.45) is 0 Å². The Bertz CT molecular complexity index is 1370. The predicted molar refractivity (Wildman–Crippen MR) is 142 cm³/mol. The summed E-state index contributed by atoms with van der Waals surface area (Å²) in [6, 6.07) is 3.17. The Hall–Kier alpha value is -2.28. The van der Waals surface area contributed by atoms with E-state index in [1.807, 2.05) is 26.8 Å². The van der Waals surface area contributed by atoms with Gasteiger partial charge in [0.2, 0.25) is 0 Å². The zero-order valence-corrected chi connectivity index (χ0v) is 22.3. The number of fused-ring (bicyclic) bond motifs is 1. The molecule has 188 valence electrons. The molecule has 2 aromatic heterocycles. The number of thiocarbonyl (C=S) groups is 1. The Morgan fingerprint density at radius 1 is 1.37 bits per heavy atom. The van der Waals surface area contributed by atoms with Gasteiger partial charge >= 0.3 is 0 Å². The molecule has 0 bridgehead atoms. The van der Waals surface area contributed by atoms with Gasteiger partial charge in [0, 0.05) is 19.3 Å². The molecule has 35 heavy (non-hydrogen) atoms. The number of anilines is 1. The van der Waals surface area contributed by atoms with Crippen LogP contribution in [0.1, 0.15) is 37.8 Å². The van der Waals surface area contributed by atoms with Crippen LogP contribution in [0, 0.1) is 6.92 Å². The van der Waals surface area contributed by atoms with Gasteiger partial charge in [-0.05, 0) is 51.3 Å². The van der Waals surface area contributed by atoms with Crippen molar-refractivity contribution in [2.45, 2.75) is 45.8 Å². The highest BCUT2D eigenvalue weighted by molar-refractivity contribution is 8.26. The van der Waals surface area contributed by atoms with Crippen LogP contribution >= 0.6 is 24.0 Å². The molecule has 2 saturated heterocycles. The predicted octanol–water partition coefficient (Wildman–Crippen LogP) is 2.62. The van der Waals surface area contributed by atoms with Crippen LogP contribution in [0.5, 0.6) is 0 Å². The van der Waals surface area contributed by atoms with Crippen molar-refractivity contribution in [2.75, 3.05) is 30.0 Å². The molecule has 4 rings (SSSR count). The van der Waals surface area contributed by atoms with Gasteiger partial charge < -0.3 is 10.1 Å². The quantitative estimate of drug-likeness (QED) is 0.309. The summed E-state index contributed by atoms with van der Waals surface area (Å²) in [6.45, 7) is 6.91. The number of hydrogen-bond donors (Lipinski definition) is 1. The van der Waals surface area contributed by atoms with Crippen LogP contribution in [0.15, 0.2) is 28.0 Å². The van der Waals surface area contributed by atoms with E-state index in [-0.39, 0.29) is 39.5 Å². The van der Waals surface area contributed by atoms with Crippen LogP contribution < -0.4 is 10.9 Å². The summed E-state index contributed by atoms with van der Waals surface area (Å²) >= 11 is 6.48. The van der Waals surface area contributed by atoms with Crippen molar-refractivity contribution >= 4 is 61.6 Å². The minimum absolute atomic E-state index is 0.0393. The van der Waals surface area contributed by atoms with Gasteiger partial charge in [-0.3, -0.25) is 18.9 Å². The van der Waals surface area contributed by atoms with E-state index in [1.165, 1.54) is 15.4 Å². The second kappa shape index (κ2) is 10.4. The first-order valence-corrected chi connectivity index (χ1v) is 14.5. The number of aromatic nitrogens is 2. The molecule has 0 spiro atoms. The molecule has 1 N–H and O–H groups in total. The SMILES string of the molecule is Cc1cccn2c(=O)c(/C=C3\SC(=S)N(C4CCS(=O)(=O)C4)C3=O)c(NCCCOC(C)C)nc12. The van der Waals surface area contributed by atoms with Gasteiger partial charge in [-0.1, -0.05) is 30.0 Å². The molecular weight excluding hydrogens is 508 g/mol. The molecule has 2 aliphatic rings. The number of thioether (sulfide) groups is 1. The molecule has 4 heterocycles. The molecule has 9 nitrogen and oxygen atoms in total. The Morgan fingerprint density at radius 2 is 2.14 bits per heavy atom. The molecule has 2 aliphatic heterocycles. The summed E-state index contributed by atoms with van der Waals surface area (Å²) in [5, 5.41) is 3.23. The number of aryl methyl sites for hydroxylation is 1. The van der Waals surface area contributed by atoms with Crippen LogP contribution in [0.3, 0.4) is 0 Å². The van der Waals surface area contributed by atoms with Crippen LogP contribution in [0.2, 0.25) is 0 Å². The van der Waals surface area contributed by atoms with Gasteiger partial charge in [0.25, 0.3) is 11.5 Å². The van der Waals surface area contributed by atoms with Gasteiger partial charge in [-0.2, -0.15) is 0 Å². The highest BCUT2D eigenvalue weighted by Gasteiger charge is 2.42. The first kappa shape index (κ1) is 25.8. The fourth-order valence-corrected chi connectivity index (χ4v) is 7.16. The van der Waals surface area contributed by atoms with Crippen LogP contribution in [0.25, 0.3) is 11.7 Å². The normalized spacial score (nSPS) is 21.1. The average Bonchev–Trinajstić information content (AvgIpc) is 3.27. The maximum absolute atomic E-state index is 13.4.